The van der Waals surface area contributed by atoms with Gasteiger partial charge in [0.2, 0.25) is 17.6 Å². The Labute approximate surface area is 252 Å². The molecule has 4 aromatic rings. The first-order valence-electron chi connectivity index (χ1n) is 14.9. The number of anilines is 3. The molecule has 1 atom stereocenters. The Hall–Kier alpha value is -4.44. The first-order valence-corrected chi connectivity index (χ1v) is 14.9. The van der Waals surface area contributed by atoms with Crippen molar-refractivity contribution in [3.8, 4) is 0 Å². The number of aromatic nitrogens is 2. The minimum atomic E-state index is -0.484. The molecule has 1 saturated heterocycles. The second-order valence-electron chi connectivity index (χ2n) is 11.9. The van der Waals surface area contributed by atoms with Crippen LogP contribution in [-0.4, -0.2) is 59.9 Å². The Morgan fingerprint density at radius 1 is 0.907 bits per heavy atom. The summed E-state index contributed by atoms with van der Waals surface area (Å²) in [4.78, 5) is 40.5. The van der Waals surface area contributed by atoms with Crippen LogP contribution in [0.15, 0.2) is 52.9 Å². The smallest absolute Gasteiger partial charge is 0.274 e. The van der Waals surface area contributed by atoms with Crippen molar-refractivity contribution in [2.45, 2.75) is 47.0 Å². The lowest BCUT2D eigenvalue weighted by Gasteiger charge is -2.33. The van der Waals surface area contributed by atoms with Crippen LogP contribution in [-0.2, 0) is 11.2 Å². The number of nitrogens with zero attached hydrogens (tertiary/aromatic N) is 4. The van der Waals surface area contributed by atoms with E-state index in [9.17, 15) is 9.59 Å². The van der Waals surface area contributed by atoms with Gasteiger partial charge in [-0.15, -0.1) is 0 Å². The van der Waals surface area contributed by atoms with Crippen molar-refractivity contribution in [1.82, 2.24) is 25.7 Å². The predicted molar refractivity (Wildman–Crippen MR) is 170 cm³/mol. The summed E-state index contributed by atoms with van der Waals surface area (Å²) in [5.41, 5.74) is 9.94. The molecule has 10 nitrogen and oxygen atoms in total. The van der Waals surface area contributed by atoms with Gasteiger partial charge in [-0.05, 0) is 63.4 Å². The number of likely N-dealkylation sites (N-methyl/N-ethyl adjacent to an activating group) is 1. The van der Waals surface area contributed by atoms with Crippen LogP contribution in [0.2, 0.25) is 0 Å². The first kappa shape index (κ1) is 30.0. The van der Waals surface area contributed by atoms with Crippen molar-refractivity contribution in [3.05, 3.63) is 76.5 Å². The molecule has 0 radical (unpaired) electrons. The molecule has 10 heteroatoms. The number of rotatable bonds is 8. The van der Waals surface area contributed by atoms with E-state index >= 15 is 0 Å². The summed E-state index contributed by atoms with van der Waals surface area (Å²) in [6.07, 6.45) is 0.984. The van der Waals surface area contributed by atoms with Crippen LogP contribution in [0, 0.1) is 19.8 Å². The standard InChI is InChI=1S/C33H41N7O3/c1-20(2)19-24-9-11-25(12-10-24)22(4)30(41)37-38-31(42)27-23(5)43-32-28(27)29(40-17-15-39(6)16-18-40)35-33(36-32)34-26-13-7-21(3)8-14-26/h7-14,20,22H,15-19H2,1-6H3,(H,37,41)(H,38,42)(H,34,35,36). The molecule has 2 aromatic heterocycles. The van der Waals surface area contributed by atoms with Gasteiger partial charge in [0.05, 0.1) is 16.9 Å². The van der Waals surface area contributed by atoms with Crippen molar-refractivity contribution in [2.24, 2.45) is 5.92 Å². The molecule has 0 saturated carbocycles. The Kier molecular flexibility index (Phi) is 8.96. The quantitative estimate of drug-likeness (QED) is 0.246. The van der Waals surface area contributed by atoms with E-state index < -0.39 is 11.8 Å². The zero-order valence-electron chi connectivity index (χ0n) is 25.8. The predicted octanol–water partition coefficient (Wildman–Crippen LogP) is 5.10. The number of piperazine rings is 1. The van der Waals surface area contributed by atoms with E-state index in [0.717, 1.165) is 49.4 Å². The molecule has 1 fully saturated rings. The van der Waals surface area contributed by atoms with Crippen LogP contribution in [0.5, 0.6) is 0 Å². The lowest BCUT2D eigenvalue weighted by Crippen LogP contribution is -2.45. The second-order valence-corrected chi connectivity index (χ2v) is 11.9. The van der Waals surface area contributed by atoms with Crippen LogP contribution in [0.4, 0.5) is 17.5 Å². The summed E-state index contributed by atoms with van der Waals surface area (Å²) in [6.45, 7) is 13.1. The molecule has 1 aliphatic rings. The zero-order chi connectivity index (χ0) is 30.7. The second kappa shape index (κ2) is 12.8. The normalized spacial score (nSPS) is 14.6. The number of hydrogen-bond acceptors (Lipinski definition) is 8. The topological polar surface area (TPSA) is 116 Å². The van der Waals surface area contributed by atoms with Crippen LogP contribution < -0.4 is 21.1 Å². The number of furan rings is 1. The molecule has 0 spiro atoms. The average Bonchev–Trinajstić information content (AvgIpc) is 3.32. The molecule has 2 aromatic carbocycles. The third-order valence-electron chi connectivity index (χ3n) is 7.86. The SMILES string of the molecule is Cc1ccc(Nc2nc(N3CCN(C)CC3)c3c(C(=O)NNC(=O)C(C)c4ccc(CC(C)C)cc4)c(C)oc3n2)cc1. The van der Waals surface area contributed by atoms with Crippen molar-refractivity contribution < 1.29 is 14.0 Å². The summed E-state index contributed by atoms with van der Waals surface area (Å²) in [6, 6.07) is 16.0. The molecule has 5 rings (SSSR count). The Bertz CT molecular complexity index is 1590. The fraction of sp³-hybridized carbons (Fsp3) is 0.394. The van der Waals surface area contributed by atoms with Gasteiger partial charge in [-0.1, -0.05) is 55.8 Å². The Morgan fingerprint density at radius 3 is 2.23 bits per heavy atom. The Balaban J connectivity index is 1.38. The highest BCUT2D eigenvalue weighted by Gasteiger charge is 2.28. The maximum Gasteiger partial charge on any atom is 0.274 e. The van der Waals surface area contributed by atoms with E-state index in [1.165, 1.54) is 5.56 Å². The molecule has 43 heavy (non-hydrogen) atoms. The third kappa shape index (κ3) is 6.97. The molecular formula is C33H41N7O3. The van der Waals surface area contributed by atoms with Gasteiger partial charge in [-0.2, -0.15) is 9.97 Å². The molecule has 3 N–H and O–H groups in total. The summed E-state index contributed by atoms with van der Waals surface area (Å²) in [5, 5.41) is 3.80. The van der Waals surface area contributed by atoms with Gasteiger partial charge in [-0.25, -0.2) is 0 Å². The summed E-state index contributed by atoms with van der Waals surface area (Å²) < 4.78 is 6.03. The minimum absolute atomic E-state index is 0.303. The highest BCUT2D eigenvalue weighted by atomic mass is 16.3. The number of hydrogen-bond donors (Lipinski definition) is 3. The lowest BCUT2D eigenvalue weighted by atomic mass is 9.96. The first-order chi connectivity index (χ1) is 20.6. The Morgan fingerprint density at radius 2 is 1.58 bits per heavy atom. The summed E-state index contributed by atoms with van der Waals surface area (Å²) >= 11 is 0. The molecule has 3 heterocycles. The van der Waals surface area contributed by atoms with Crippen LogP contribution in [0.1, 0.15) is 59.5 Å². The highest BCUT2D eigenvalue weighted by molar-refractivity contribution is 6.10. The third-order valence-corrected chi connectivity index (χ3v) is 7.86. The van der Waals surface area contributed by atoms with Gasteiger partial charge in [-0.3, -0.25) is 20.4 Å². The van der Waals surface area contributed by atoms with Crippen LogP contribution >= 0.6 is 0 Å². The van der Waals surface area contributed by atoms with Gasteiger partial charge in [0, 0.05) is 31.9 Å². The largest absolute Gasteiger partial charge is 0.442 e. The van der Waals surface area contributed by atoms with E-state index in [-0.39, 0.29) is 5.91 Å². The molecule has 1 unspecified atom stereocenters. The van der Waals surface area contributed by atoms with Crippen LogP contribution in [0.3, 0.4) is 0 Å². The van der Waals surface area contributed by atoms with Gasteiger partial charge in [0.15, 0.2) is 0 Å². The number of hydrazine groups is 1. The number of fused-ring (bicyclic) bond motifs is 1. The average molecular weight is 584 g/mol. The molecule has 226 valence electrons. The summed E-state index contributed by atoms with van der Waals surface area (Å²) in [5.74, 6) is 0.714. The van der Waals surface area contributed by atoms with E-state index in [4.69, 9.17) is 9.40 Å². The fourth-order valence-electron chi connectivity index (χ4n) is 5.29. The van der Waals surface area contributed by atoms with E-state index in [1.807, 2.05) is 50.2 Å². The number of carbonyl (C=O) groups is 2. The lowest BCUT2D eigenvalue weighted by molar-refractivity contribution is -0.123. The fourth-order valence-corrected chi connectivity index (χ4v) is 5.29. The number of benzene rings is 2. The van der Waals surface area contributed by atoms with Gasteiger partial charge >= 0.3 is 0 Å². The monoisotopic (exact) mass is 583 g/mol. The van der Waals surface area contributed by atoms with E-state index in [2.05, 4.69) is 64.0 Å². The number of nitrogens with one attached hydrogen (secondary N) is 3. The van der Waals surface area contributed by atoms with Crippen molar-refractivity contribution in [2.75, 3.05) is 43.4 Å². The van der Waals surface area contributed by atoms with Crippen molar-refractivity contribution >= 4 is 40.4 Å². The van der Waals surface area contributed by atoms with Crippen molar-refractivity contribution in [1.29, 1.82) is 0 Å². The number of aryl methyl sites for hydroxylation is 2. The van der Waals surface area contributed by atoms with Gasteiger partial charge < -0.3 is 19.5 Å². The molecule has 0 bridgehead atoms. The van der Waals surface area contributed by atoms with Gasteiger partial charge in [0.25, 0.3) is 5.91 Å². The molecule has 1 aliphatic heterocycles. The highest BCUT2D eigenvalue weighted by Crippen LogP contribution is 2.34. The van der Waals surface area contributed by atoms with Crippen molar-refractivity contribution in [3.63, 3.8) is 0 Å². The molecular weight excluding hydrogens is 542 g/mol. The number of carbonyl (C=O) groups excluding carboxylic acids is 2. The van der Waals surface area contributed by atoms with E-state index in [1.54, 1.807) is 6.92 Å². The molecule has 2 amide bonds. The van der Waals surface area contributed by atoms with Gasteiger partial charge in [0.1, 0.15) is 11.6 Å². The minimum Gasteiger partial charge on any atom is -0.442 e. The maximum absolute atomic E-state index is 13.6. The number of amides is 2. The summed E-state index contributed by atoms with van der Waals surface area (Å²) in [7, 11) is 2.09. The molecule has 0 aliphatic carbocycles. The van der Waals surface area contributed by atoms with E-state index in [0.29, 0.717) is 40.1 Å². The van der Waals surface area contributed by atoms with Crippen LogP contribution in [0.25, 0.3) is 11.1 Å². The maximum atomic E-state index is 13.6. The zero-order valence-corrected chi connectivity index (χ0v) is 25.8.